The van der Waals surface area contributed by atoms with E-state index < -0.39 is 15.3 Å². The van der Waals surface area contributed by atoms with Crippen LogP contribution in [0.1, 0.15) is 6.92 Å². The molecule has 0 aliphatic rings. The highest BCUT2D eigenvalue weighted by Crippen LogP contribution is 2.26. The third-order valence-corrected chi connectivity index (χ3v) is 4.25. The maximum absolute atomic E-state index is 11.9. The normalized spacial score (nSPS) is 12.9. The fourth-order valence-electron chi connectivity index (χ4n) is 1.26. The molecule has 0 aliphatic carbocycles. The molecule has 0 spiro atoms. The van der Waals surface area contributed by atoms with E-state index in [1.807, 2.05) is 0 Å². The predicted octanol–water partition coefficient (Wildman–Crippen LogP) is 0.793. The first-order chi connectivity index (χ1) is 8.42. The van der Waals surface area contributed by atoms with Crippen LogP contribution in [0.2, 0.25) is 0 Å². The lowest BCUT2D eigenvalue weighted by Crippen LogP contribution is -2.31. The van der Waals surface area contributed by atoms with Crippen LogP contribution in [0.5, 0.6) is 11.5 Å². The van der Waals surface area contributed by atoms with Crippen molar-refractivity contribution in [1.29, 1.82) is 0 Å². The number of hydrogen-bond acceptors (Lipinski definition) is 5. The minimum absolute atomic E-state index is 0.0520. The fraction of sp³-hybridized carbons (Fsp3) is 0.455. The second-order valence-electron chi connectivity index (χ2n) is 3.79. The summed E-state index contributed by atoms with van der Waals surface area (Å²) in [5.74, 6) is 1.01. The lowest BCUT2D eigenvalue weighted by Gasteiger charge is -2.14. The molecule has 1 aromatic carbocycles. The number of nitrogens with two attached hydrogens (primary N) is 1. The molecule has 0 amide bonds. The van der Waals surface area contributed by atoms with Gasteiger partial charge in [0.15, 0.2) is 0 Å². The maximum atomic E-state index is 11.9. The Morgan fingerprint density at radius 3 is 2.11 bits per heavy atom. The highest BCUT2D eigenvalue weighted by atomic mass is 32.2. The zero-order valence-corrected chi connectivity index (χ0v) is 11.5. The first kappa shape index (κ1) is 14.6. The molecule has 1 atom stereocenters. The number of ether oxygens (including phenoxy) is 2. The Labute approximate surface area is 107 Å². The van der Waals surface area contributed by atoms with Gasteiger partial charge in [-0.3, -0.25) is 4.72 Å². The monoisotopic (exact) mass is 274 g/mol. The van der Waals surface area contributed by atoms with Crippen LogP contribution in [0.15, 0.2) is 18.2 Å². The van der Waals surface area contributed by atoms with E-state index >= 15 is 0 Å². The summed E-state index contributed by atoms with van der Waals surface area (Å²) in [5.41, 5.74) is 5.74. The summed E-state index contributed by atoms with van der Waals surface area (Å²) in [5, 5.41) is -0.672. The Morgan fingerprint density at radius 2 is 1.72 bits per heavy atom. The number of nitrogens with one attached hydrogen (secondary N) is 1. The molecule has 1 unspecified atom stereocenters. The summed E-state index contributed by atoms with van der Waals surface area (Å²) >= 11 is 0. The van der Waals surface area contributed by atoms with Gasteiger partial charge in [0.05, 0.1) is 25.2 Å². The van der Waals surface area contributed by atoms with Gasteiger partial charge >= 0.3 is 0 Å². The first-order valence-corrected chi connectivity index (χ1v) is 6.92. The van der Waals surface area contributed by atoms with Crippen LogP contribution >= 0.6 is 0 Å². The summed E-state index contributed by atoms with van der Waals surface area (Å²) in [6.45, 7) is 1.59. The minimum atomic E-state index is -3.50. The molecule has 18 heavy (non-hydrogen) atoms. The predicted molar refractivity (Wildman–Crippen MR) is 70.6 cm³/mol. The topological polar surface area (TPSA) is 90.7 Å². The molecule has 0 saturated heterocycles. The van der Waals surface area contributed by atoms with E-state index in [1.165, 1.54) is 14.2 Å². The van der Waals surface area contributed by atoms with Crippen molar-refractivity contribution in [3.8, 4) is 11.5 Å². The zero-order valence-electron chi connectivity index (χ0n) is 10.6. The van der Waals surface area contributed by atoms with Crippen LogP contribution in [0.25, 0.3) is 0 Å². The van der Waals surface area contributed by atoms with Crippen LogP contribution < -0.4 is 19.9 Å². The number of anilines is 1. The van der Waals surface area contributed by atoms with Crippen molar-refractivity contribution in [2.45, 2.75) is 12.2 Å². The molecular formula is C11H18N2O4S. The van der Waals surface area contributed by atoms with Gasteiger partial charge in [0.1, 0.15) is 11.5 Å². The highest BCUT2D eigenvalue weighted by Gasteiger charge is 2.19. The fourth-order valence-corrected chi connectivity index (χ4v) is 2.16. The summed E-state index contributed by atoms with van der Waals surface area (Å²) in [7, 11) is -0.508. The Kier molecular flexibility index (Phi) is 4.80. The van der Waals surface area contributed by atoms with Crippen LogP contribution in [0.4, 0.5) is 5.69 Å². The van der Waals surface area contributed by atoms with Crippen LogP contribution in [-0.2, 0) is 10.0 Å². The average molecular weight is 274 g/mol. The molecule has 3 N–H and O–H groups in total. The van der Waals surface area contributed by atoms with E-state index in [9.17, 15) is 8.42 Å². The van der Waals surface area contributed by atoms with E-state index in [0.29, 0.717) is 17.2 Å². The highest BCUT2D eigenvalue weighted by molar-refractivity contribution is 7.93. The summed E-state index contributed by atoms with van der Waals surface area (Å²) < 4.78 is 36.3. The van der Waals surface area contributed by atoms with Crippen LogP contribution in [0.3, 0.4) is 0 Å². The smallest absolute Gasteiger partial charge is 0.236 e. The zero-order chi connectivity index (χ0) is 13.8. The van der Waals surface area contributed by atoms with E-state index in [1.54, 1.807) is 25.1 Å². The van der Waals surface area contributed by atoms with Crippen molar-refractivity contribution in [3.05, 3.63) is 18.2 Å². The molecule has 0 aliphatic heterocycles. The standard InChI is InChI=1S/C11H18N2O4S/c1-8(7-12)18(14,15)13-9-4-10(16-2)6-11(5-9)17-3/h4-6,8,13H,7,12H2,1-3H3. The van der Waals surface area contributed by atoms with Crippen LogP contribution in [-0.4, -0.2) is 34.4 Å². The molecule has 7 heteroatoms. The number of rotatable bonds is 6. The molecule has 0 radical (unpaired) electrons. The molecule has 6 nitrogen and oxygen atoms in total. The third-order valence-electron chi connectivity index (χ3n) is 2.47. The van der Waals surface area contributed by atoms with Crippen molar-refractivity contribution in [3.63, 3.8) is 0 Å². The van der Waals surface area contributed by atoms with E-state index in [2.05, 4.69) is 4.72 Å². The van der Waals surface area contributed by atoms with Gasteiger partial charge in [-0.2, -0.15) is 0 Å². The average Bonchev–Trinajstić information content (AvgIpc) is 2.36. The second-order valence-corrected chi connectivity index (χ2v) is 5.89. The van der Waals surface area contributed by atoms with E-state index in [0.717, 1.165) is 0 Å². The minimum Gasteiger partial charge on any atom is -0.497 e. The number of sulfonamides is 1. The lowest BCUT2D eigenvalue weighted by atomic mass is 10.3. The molecule has 1 aromatic rings. The maximum Gasteiger partial charge on any atom is 0.236 e. The van der Waals surface area contributed by atoms with Crippen molar-refractivity contribution in [1.82, 2.24) is 0 Å². The molecule has 0 bridgehead atoms. The van der Waals surface area contributed by atoms with Crippen molar-refractivity contribution in [2.24, 2.45) is 5.73 Å². The molecule has 0 aromatic heterocycles. The number of methoxy groups -OCH3 is 2. The third kappa shape index (κ3) is 3.51. The largest absolute Gasteiger partial charge is 0.497 e. The van der Waals surface area contributed by atoms with Crippen molar-refractivity contribution < 1.29 is 17.9 Å². The second kappa shape index (κ2) is 5.92. The van der Waals surface area contributed by atoms with Gasteiger partial charge in [-0.1, -0.05) is 0 Å². The van der Waals surface area contributed by atoms with Crippen LogP contribution in [0, 0.1) is 0 Å². The van der Waals surface area contributed by atoms with Crippen molar-refractivity contribution in [2.75, 3.05) is 25.5 Å². The molecule has 0 saturated carbocycles. The van der Waals surface area contributed by atoms with Gasteiger partial charge in [0.2, 0.25) is 10.0 Å². The quantitative estimate of drug-likeness (QED) is 0.800. The molecular weight excluding hydrogens is 256 g/mol. The van der Waals surface area contributed by atoms with E-state index in [-0.39, 0.29) is 6.54 Å². The number of benzene rings is 1. The number of hydrogen-bond donors (Lipinski definition) is 2. The van der Waals surface area contributed by atoms with E-state index in [4.69, 9.17) is 15.2 Å². The Morgan fingerprint density at radius 1 is 1.22 bits per heavy atom. The summed E-state index contributed by atoms with van der Waals surface area (Å²) in [4.78, 5) is 0. The molecule has 0 fully saturated rings. The van der Waals surface area contributed by atoms with Gasteiger partial charge < -0.3 is 15.2 Å². The van der Waals surface area contributed by atoms with Gasteiger partial charge in [-0.05, 0) is 6.92 Å². The van der Waals surface area contributed by atoms with Crippen molar-refractivity contribution >= 4 is 15.7 Å². The van der Waals surface area contributed by atoms with Gasteiger partial charge in [0, 0.05) is 24.7 Å². The first-order valence-electron chi connectivity index (χ1n) is 5.37. The Balaban J connectivity index is 3.04. The van der Waals surface area contributed by atoms with Gasteiger partial charge in [0.25, 0.3) is 0 Å². The molecule has 102 valence electrons. The SMILES string of the molecule is COc1cc(NS(=O)(=O)C(C)CN)cc(OC)c1. The summed E-state index contributed by atoms with van der Waals surface area (Å²) in [6.07, 6.45) is 0. The molecule has 0 heterocycles. The lowest BCUT2D eigenvalue weighted by molar-refractivity contribution is 0.395. The molecule has 1 rings (SSSR count). The van der Waals surface area contributed by atoms with Gasteiger partial charge in [-0.15, -0.1) is 0 Å². The summed E-state index contributed by atoms with van der Waals surface area (Å²) in [6, 6.07) is 4.80. The Bertz CT molecular complexity index is 480. The van der Waals surface area contributed by atoms with Gasteiger partial charge in [-0.25, -0.2) is 8.42 Å². The Hall–Kier alpha value is -1.47.